The minimum absolute atomic E-state index is 1.05. The van der Waals surface area contributed by atoms with E-state index in [-0.39, 0.29) is 0 Å². The molecule has 0 aliphatic carbocycles. The topological polar surface area (TPSA) is 0 Å². The first-order chi connectivity index (χ1) is 8.91. The van der Waals surface area contributed by atoms with Crippen LogP contribution in [0.1, 0.15) is 52.4 Å². The molecule has 0 saturated carbocycles. The first-order valence-corrected chi connectivity index (χ1v) is 7.16. The van der Waals surface area contributed by atoms with Crippen molar-refractivity contribution in [1.29, 1.82) is 0 Å². The van der Waals surface area contributed by atoms with E-state index in [9.17, 15) is 0 Å². The van der Waals surface area contributed by atoms with Crippen molar-refractivity contribution in [2.45, 2.75) is 52.4 Å². The van der Waals surface area contributed by atoms with Crippen molar-refractivity contribution in [1.82, 2.24) is 0 Å². The lowest BCUT2D eigenvalue weighted by atomic mass is 10.2. The standard InChI is InChI=1S/C18H28/c1-3-5-7-9-11-13-15-17-18-16-14-12-10-8-6-4-2/h5-8,11-14,17-18H,3-4,9-10,15-16H2,1-2H3. The minimum Gasteiger partial charge on any atom is -0.0885 e. The zero-order chi connectivity index (χ0) is 13.3. The second kappa shape index (κ2) is 15.7. The van der Waals surface area contributed by atoms with Gasteiger partial charge in [-0.2, -0.15) is 0 Å². The molecule has 0 aromatic rings. The third-order valence-electron chi connectivity index (χ3n) is 2.39. The van der Waals surface area contributed by atoms with Crippen LogP contribution in [0.5, 0.6) is 0 Å². The lowest BCUT2D eigenvalue weighted by Crippen LogP contribution is -1.64. The molecule has 0 aliphatic heterocycles. The molecule has 0 atom stereocenters. The van der Waals surface area contributed by atoms with Crippen LogP contribution < -0.4 is 0 Å². The number of rotatable bonds is 10. The molecular weight excluding hydrogens is 216 g/mol. The Kier molecular flexibility index (Phi) is 14.6. The van der Waals surface area contributed by atoms with Crippen molar-refractivity contribution in [2.24, 2.45) is 0 Å². The van der Waals surface area contributed by atoms with E-state index in [0.717, 1.165) is 38.5 Å². The number of allylic oxidation sites excluding steroid dienone is 10. The summed E-state index contributed by atoms with van der Waals surface area (Å²) >= 11 is 0. The van der Waals surface area contributed by atoms with Crippen molar-refractivity contribution < 1.29 is 0 Å². The van der Waals surface area contributed by atoms with Crippen LogP contribution in [0.3, 0.4) is 0 Å². The van der Waals surface area contributed by atoms with Gasteiger partial charge in [0.05, 0.1) is 0 Å². The average Bonchev–Trinajstić information content (AvgIpc) is 2.39. The molecule has 0 saturated heterocycles. The summed E-state index contributed by atoms with van der Waals surface area (Å²) in [4.78, 5) is 0. The van der Waals surface area contributed by atoms with Gasteiger partial charge in [-0.25, -0.2) is 0 Å². The van der Waals surface area contributed by atoms with Crippen LogP contribution in [-0.4, -0.2) is 0 Å². The number of hydrogen-bond acceptors (Lipinski definition) is 0. The highest BCUT2D eigenvalue weighted by Crippen LogP contribution is 1.95. The van der Waals surface area contributed by atoms with E-state index in [2.05, 4.69) is 74.6 Å². The van der Waals surface area contributed by atoms with Gasteiger partial charge < -0.3 is 0 Å². The fraction of sp³-hybridized carbons (Fsp3) is 0.444. The summed E-state index contributed by atoms with van der Waals surface area (Å²) in [5, 5.41) is 0. The summed E-state index contributed by atoms with van der Waals surface area (Å²) in [6, 6.07) is 0. The molecule has 0 radical (unpaired) electrons. The molecule has 0 aromatic carbocycles. The summed E-state index contributed by atoms with van der Waals surface area (Å²) in [5.41, 5.74) is 0. The summed E-state index contributed by atoms with van der Waals surface area (Å²) in [5.74, 6) is 0. The zero-order valence-corrected chi connectivity index (χ0v) is 12.0. The second-order valence-electron chi connectivity index (χ2n) is 4.12. The number of hydrogen-bond donors (Lipinski definition) is 0. The van der Waals surface area contributed by atoms with Gasteiger partial charge in [0.25, 0.3) is 0 Å². The zero-order valence-electron chi connectivity index (χ0n) is 12.0. The lowest BCUT2D eigenvalue weighted by molar-refractivity contribution is 1.19. The summed E-state index contributed by atoms with van der Waals surface area (Å²) < 4.78 is 0. The van der Waals surface area contributed by atoms with Gasteiger partial charge in [0, 0.05) is 0 Å². The van der Waals surface area contributed by atoms with Crippen LogP contribution in [0.15, 0.2) is 60.8 Å². The average molecular weight is 244 g/mol. The summed E-state index contributed by atoms with van der Waals surface area (Å²) in [6.07, 6.45) is 28.7. The van der Waals surface area contributed by atoms with Crippen LogP contribution in [0.25, 0.3) is 0 Å². The van der Waals surface area contributed by atoms with Crippen molar-refractivity contribution in [3.63, 3.8) is 0 Å². The normalized spacial score (nSPS) is 13.2. The van der Waals surface area contributed by atoms with E-state index >= 15 is 0 Å². The highest BCUT2D eigenvalue weighted by molar-refractivity contribution is 5.00. The molecule has 0 nitrogen and oxygen atoms in total. The summed E-state index contributed by atoms with van der Waals surface area (Å²) in [7, 11) is 0. The third kappa shape index (κ3) is 14.7. The van der Waals surface area contributed by atoms with Gasteiger partial charge in [0.1, 0.15) is 0 Å². The van der Waals surface area contributed by atoms with E-state index in [1.165, 1.54) is 0 Å². The van der Waals surface area contributed by atoms with Gasteiger partial charge in [0.15, 0.2) is 0 Å². The molecule has 0 aromatic heterocycles. The van der Waals surface area contributed by atoms with Gasteiger partial charge in [0.2, 0.25) is 0 Å². The second-order valence-corrected chi connectivity index (χ2v) is 4.12. The Balaban J connectivity index is 3.42. The molecule has 0 heteroatoms. The molecule has 18 heavy (non-hydrogen) atoms. The Hall–Kier alpha value is -1.30. The molecule has 0 unspecified atom stereocenters. The first-order valence-electron chi connectivity index (χ1n) is 7.16. The smallest absolute Gasteiger partial charge is 0.0169 e. The van der Waals surface area contributed by atoms with Crippen LogP contribution in [0.4, 0.5) is 0 Å². The molecule has 0 bridgehead atoms. The fourth-order valence-electron chi connectivity index (χ4n) is 1.42. The molecule has 0 rings (SSSR count). The fourth-order valence-corrected chi connectivity index (χ4v) is 1.42. The quantitative estimate of drug-likeness (QED) is 0.404. The van der Waals surface area contributed by atoms with Crippen LogP contribution >= 0.6 is 0 Å². The van der Waals surface area contributed by atoms with Crippen molar-refractivity contribution in [2.75, 3.05) is 0 Å². The predicted molar refractivity (Wildman–Crippen MR) is 84.8 cm³/mol. The molecule has 100 valence electrons. The maximum atomic E-state index is 2.23. The Morgan fingerprint density at radius 1 is 0.389 bits per heavy atom. The maximum Gasteiger partial charge on any atom is -0.0169 e. The summed E-state index contributed by atoms with van der Waals surface area (Å²) in [6.45, 7) is 4.32. The highest BCUT2D eigenvalue weighted by atomic mass is 13.8. The van der Waals surface area contributed by atoms with Crippen LogP contribution in [0, 0.1) is 0 Å². The van der Waals surface area contributed by atoms with Gasteiger partial charge in [-0.1, -0.05) is 74.6 Å². The first kappa shape index (κ1) is 16.7. The van der Waals surface area contributed by atoms with E-state index in [4.69, 9.17) is 0 Å². The largest absolute Gasteiger partial charge is 0.0885 e. The third-order valence-corrected chi connectivity index (χ3v) is 2.39. The van der Waals surface area contributed by atoms with E-state index < -0.39 is 0 Å². The van der Waals surface area contributed by atoms with Gasteiger partial charge in [-0.15, -0.1) is 0 Å². The van der Waals surface area contributed by atoms with Crippen molar-refractivity contribution in [3.8, 4) is 0 Å². The Labute approximate surface area is 113 Å². The highest BCUT2D eigenvalue weighted by Gasteiger charge is 1.74. The van der Waals surface area contributed by atoms with Crippen molar-refractivity contribution >= 4 is 0 Å². The van der Waals surface area contributed by atoms with Gasteiger partial charge >= 0.3 is 0 Å². The molecule has 0 amide bonds. The van der Waals surface area contributed by atoms with Gasteiger partial charge in [-0.3, -0.25) is 0 Å². The molecular formula is C18H28. The monoisotopic (exact) mass is 244 g/mol. The van der Waals surface area contributed by atoms with Crippen LogP contribution in [0.2, 0.25) is 0 Å². The van der Waals surface area contributed by atoms with E-state index in [1.54, 1.807) is 0 Å². The van der Waals surface area contributed by atoms with E-state index in [0.29, 0.717) is 0 Å². The van der Waals surface area contributed by atoms with Crippen LogP contribution in [-0.2, 0) is 0 Å². The Morgan fingerprint density at radius 3 is 0.833 bits per heavy atom. The predicted octanol–water partition coefficient (Wildman–Crippen LogP) is 6.15. The SMILES string of the molecule is CCC=CCC=CCC=CCC=CCC=CCC. The Morgan fingerprint density at radius 2 is 0.611 bits per heavy atom. The lowest BCUT2D eigenvalue weighted by Gasteiger charge is -1.85. The molecule has 0 spiro atoms. The van der Waals surface area contributed by atoms with Crippen molar-refractivity contribution in [3.05, 3.63) is 60.8 Å². The van der Waals surface area contributed by atoms with Gasteiger partial charge in [-0.05, 0) is 38.5 Å². The van der Waals surface area contributed by atoms with E-state index in [1.807, 2.05) is 0 Å². The molecule has 0 N–H and O–H groups in total. The Bertz CT molecular complexity index is 257. The molecule has 0 fully saturated rings. The maximum absolute atomic E-state index is 2.23. The molecule has 0 heterocycles. The molecule has 0 aliphatic rings. The minimum atomic E-state index is 1.05.